The number of nitrogens with zero attached hydrogens (tertiary/aromatic N) is 6. The maximum absolute atomic E-state index is 14.0. The van der Waals surface area contributed by atoms with Gasteiger partial charge in [0.2, 0.25) is 0 Å². The first kappa shape index (κ1) is 20.9. The molecule has 0 radical (unpaired) electrons. The summed E-state index contributed by atoms with van der Waals surface area (Å²) in [4.78, 5) is 30.2. The topological polar surface area (TPSA) is 66.2 Å². The van der Waals surface area contributed by atoms with Crippen LogP contribution in [0.25, 0.3) is 16.6 Å². The number of morpholine rings is 1. The lowest BCUT2D eigenvalue weighted by atomic mass is 9.99. The number of piperidine rings is 2. The SMILES string of the molecule is O=C(c1c2c(N3CCOCC3)ncnc2n2ccccc12)N1CCC(N2CCCCC2)CC1. The molecule has 3 fully saturated rings. The number of aromatic nitrogens is 3. The van der Waals surface area contributed by atoms with E-state index in [0.29, 0.717) is 19.3 Å². The van der Waals surface area contributed by atoms with Crippen molar-refractivity contribution in [2.75, 3.05) is 57.4 Å². The van der Waals surface area contributed by atoms with Crippen LogP contribution >= 0.6 is 0 Å². The van der Waals surface area contributed by atoms with Crippen molar-refractivity contribution in [1.82, 2.24) is 24.2 Å². The van der Waals surface area contributed by atoms with E-state index in [4.69, 9.17) is 4.74 Å². The molecule has 6 heterocycles. The summed E-state index contributed by atoms with van der Waals surface area (Å²) >= 11 is 0. The van der Waals surface area contributed by atoms with Gasteiger partial charge in [0.05, 0.1) is 29.7 Å². The van der Waals surface area contributed by atoms with Gasteiger partial charge in [-0.1, -0.05) is 12.5 Å². The molecule has 0 atom stereocenters. The summed E-state index contributed by atoms with van der Waals surface area (Å²) in [6.45, 7) is 6.94. The predicted octanol–water partition coefficient (Wildman–Crippen LogP) is 2.81. The summed E-state index contributed by atoms with van der Waals surface area (Å²) in [5, 5.41) is 0.869. The maximum Gasteiger partial charge on any atom is 0.256 e. The maximum atomic E-state index is 14.0. The summed E-state index contributed by atoms with van der Waals surface area (Å²) in [5.41, 5.74) is 2.45. The van der Waals surface area contributed by atoms with Crippen molar-refractivity contribution in [3.63, 3.8) is 0 Å². The van der Waals surface area contributed by atoms with E-state index in [1.54, 1.807) is 6.33 Å². The molecule has 3 saturated heterocycles. The predicted molar refractivity (Wildman–Crippen MR) is 128 cm³/mol. The van der Waals surface area contributed by atoms with E-state index in [1.807, 2.05) is 28.8 Å². The third-order valence-corrected chi connectivity index (χ3v) is 7.58. The zero-order chi connectivity index (χ0) is 22.2. The molecule has 0 saturated carbocycles. The van der Waals surface area contributed by atoms with Crippen LogP contribution in [0.2, 0.25) is 0 Å². The number of rotatable bonds is 3. The van der Waals surface area contributed by atoms with Crippen molar-refractivity contribution < 1.29 is 9.53 Å². The molecule has 8 heteroatoms. The number of fused-ring (bicyclic) bond motifs is 3. The molecular formula is C25H32N6O2. The Morgan fingerprint density at radius 1 is 0.939 bits per heavy atom. The first-order valence-corrected chi connectivity index (χ1v) is 12.4. The Morgan fingerprint density at radius 3 is 2.52 bits per heavy atom. The zero-order valence-electron chi connectivity index (χ0n) is 19.2. The van der Waals surface area contributed by atoms with Crippen LogP contribution in [0, 0.1) is 0 Å². The molecule has 0 spiro atoms. The first-order valence-electron chi connectivity index (χ1n) is 12.4. The van der Waals surface area contributed by atoms with Gasteiger partial charge in [-0.2, -0.15) is 0 Å². The molecule has 3 aromatic heterocycles. The molecule has 0 bridgehead atoms. The number of ether oxygens (including phenoxy) is 1. The standard InChI is InChI=1S/C25H32N6O2/c32-25(30-12-7-19(8-13-30)28-9-3-1-4-10-28)21-20-6-2-5-11-31(20)24-22(21)23(26-18-27-24)29-14-16-33-17-15-29/h2,5-6,11,18-19H,1,3-4,7-10,12-17H2. The van der Waals surface area contributed by atoms with Gasteiger partial charge in [-0.15, -0.1) is 0 Å². The molecule has 174 valence electrons. The molecule has 0 aliphatic carbocycles. The third-order valence-electron chi connectivity index (χ3n) is 7.58. The number of amides is 1. The van der Waals surface area contributed by atoms with E-state index >= 15 is 0 Å². The Kier molecular flexibility index (Phi) is 5.63. The summed E-state index contributed by atoms with van der Waals surface area (Å²) in [5.74, 6) is 0.952. The summed E-state index contributed by atoms with van der Waals surface area (Å²) in [7, 11) is 0. The molecule has 0 aromatic carbocycles. The summed E-state index contributed by atoms with van der Waals surface area (Å²) < 4.78 is 7.59. The highest BCUT2D eigenvalue weighted by Gasteiger charge is 2.32. The normalized spacial score (nSPS) is 21.2. The van der Waals surface area contributed by atoms with Crippen LogP contribution in [0.5, 0.6) is 0 Å². The zero-order valence-corrected chi connectivity index (χ0v) is 19.2. The molecule has 1 amide bonds. The third kappa shape index (κ3) is 3.75. The van der Waals surface area contributed by atoms with Gasteiger partial charge in [0.1, 0.15) is 12.1 Å². The number of carbonyl (C=O) groups excluding carboxylic acids is 1. The van der Waals surface area contributed by atoms with E-state index < -0.39 is 0 Å². The van der Waals surface area contributed by atoms with E-state index in [2.05, 4.69) is 24.7 Å². The van der Waals surface area contributed by atoms with Gasteiger partial charge in [-0.3, -0.25) is 4.79 Å². The average Bonchev–Trinajstić information content (AvgIpc) is 3.24. The monoisotopic (exact) mass is 448 g/mol. The van der Waals surface area contributed by atoms with Gasteiger partial charge in [-0.25, -0.2) is 9.97 Å². The van der Waals surface area contributed by atoms with Gasteiger partial charge < -0.3 is 23.8 Å². The lowest BCUT2D eigenvalue weighted by Gasteiger charge is -2.40. The lowest BCUT2D eigenvalue weighted by molar-refractivity contribution is 0.0593. The molecule has 0 unspecified atom stereocenters. The number of carbonyl (C=O) groups is 1. The molecule has 8 nitrogen and oxygen atoms in total. The largest absolute Gasteiger partial charge is 0.378 e. The van der Waals surface area contributed by atoms with Crippen molar-refractivity contribution in [2.45, 2.75) is 38.1 Å². The number of pyridine rings is 1. The Balaban J connectivity index is 1.35. The highest BCUT2D eigenvalue weighted by molar-refractivity contribution is 6.16. The number of hydrogen-bond donors (Lipinski definition) is 0. The molecule has 33 heavy (non-hydrogen) atoms. The fourth-order valence-electron chi connectivity index (χ4n) is 5.84. The highest BCUT2D eigenvalue weighted by atomic mass is 16.5. The van der Waals surface area contributed by atoms with Crippen LogP contribution in [-0.4, -0.2) is 88.6 Å². The minimum atomic E-state index is 0.107. The van der Waals surface area contributed by atoms with E-state index in [-0.39, 0.29) is 5.91 Å². The molecular weight excluding hydrogens is 416 g/mol. The van der Waals surface area contributed by atoms with Crippen LogP contribution in [-0.2, 0) is 4.74 Å². The van der Waals surface area contributed by atoms with Crippen molar-refractivity contribution in [2.24, 2.45) is 0 Å². The average molecular weight is 449 g/mol. The molecule has 0 N–H and O–H groups in total. The minimum absolute atomic E-state index is 0.107. The highest BCUT2D eigenvalue weighted by Crippen LogP contribution is 2.34. The van der Waals surface area contributed by atoms with Crippen molar-refractivity contribution in [3.8, 4) is 0 Å². The molecule has 3 aliphatic rings. The van der Waals surface area contributed by atoms with E-state index in [9.17, 15) is 4.79 Å². The fraction of sp³-hybridized carbons (Fsp3) is 0.560. The first-order chi connectivity index (χ1) is 16.3. The second-order valence-electron chi connectivity index (χ2n) is 9.45. The van der Waals surface area contributed by atoms with Crippen molar-refractivity contribution in [1.29, 1.82) is 0 Å². The second-order valence-corrected chi connectivity index (χ2v) is 9.45. The minimum Gasteiger partial charge on any atom is -0.378 e. The Labute approximate surface area is 194 Å². The van der Waals surface area contributed by atoms with Gasteiger partial charge in [-0.05, 0) is 50.9 Å². The fourth-order valence-corrected chi connectivity index (χ4v) is 5.84. The molecule has 6 rings (SSSR count). The van der Waals surface area contributed by atoms with E-state index in [1.165, 1.54) is 32.4 Å². The van der Waals surface area contributed by atoms with Crippen LogP contribution in [0.4, 0.5) is 5.82 Å². The second kappa shape index (κ2) is 8.91. The number of hydrogen-bond acceptors (Lipinski definition) is 6. The van der Waals surface area contributed by atoms with Crippen LogP contribution < -0.4 is 4.90 Å². The van der Waals surface area contributed by atoms with Crippen LogP contribution in [0.1, 0.15) is 42.5 Å². The van der Waals surface area contributed by atoms with Crippen LogP contribution in [0.3, 0.4) is 0 Å². The Hall–Kier alpha value is -2.71. The van der Waals surface area contributed by atoms with Crippen LogP contribution in [0.15, 0.2) is 30.7 Å². The Bertz CT molecular complexity index is 1140. The van der Waals surface area contributed by atoms with Crippen molar-refractivity contribution in [3.05, 3.63) is 36.3 Å². The Morgan fingerprint density at radius 2 is 1.73 bits per heavy atom. The van der Waals surface area contributed by atoms with E-state index in [0.717, 1.165) is 67.0 Å². The quantitative estimate of drug-likeness (QED) is 0.614. The van der Waals surface area contributed by atoms with Gasteiger partial charge in [0.25, 0.3) is 5.91 Å². The molecule has 3 aliphatic heterocycles. The summed E-state index contributed by atoms with van der Waals surface area (Å²) in [6, 6.07) is 6.62. The summed E-state index contributed by atoms with van der Waals surface area (Å²) in [6.07, 6.45) is 9.71. The van der Waals surface area contributed by atoms with Gasteiger partial charge in [0, 0.05) is 38.4 Å². The van der Waals surface area contributed by atoms with Gasteiger partial charge in [0.15, 0.2) is 5.65 Å². The van der Waals surface area contributed by atoms with Gasteiger partial charge >= 0.3 is 0 Å². The number of anilines is 1. The lowest BCUT2D eigenvalue weighted by Crippen LogP contribution is -2.48. The van der Waals surface area contributed by atoms with Crippen molar-refractivity contribution >= 4 is 28.3 Å². The smallest absolute Gasteiger partial charge is 0.256 e. The molecule has 3 aromatic rings. The number of likely N-dealkylation sites (tertiary alicyclic amines) is 2.